The molecule has 0 aliphatic carbocycles. The Morgan fingerprint density at radius 3 is 2.70 bits per heavy atom. The van der Waals surface area contributed by atoms with Crippen molar-refractivity contribution < 1.29 is 0 Å². The van der Waals surface area contributed by atoms with Gasteiger partial charge < -0.3 is 4.90 Å². The predicted octanol–water partition coefficient (Wildman–Crippen LogP) is 3.56. The molecule has 0 bridgehead atoms. The number of aryl methyl sites for hydroxylation is 1. The second-order valence-electron chi connectivity index (χ2n) is 5.54. The molecule has 1 aromatic carbocycles. The van der Waals surface area contributed by atoms with Crippen molar-refractivity contribution in [3.05, 3.63) is 54.0 Å². The Bertz CT molecular complexity index is 553. The number of aromatic nitrogens is 2. The van der Waals surface area contributed by atoms with Gasteiger partial charge in [0.05, 0.1) is 11.9 Å². The Kier molecular flexibility index (Phi) is 3.95. The summed E-state index contributed by atoms with van der Waals surface area (Å²) >= 11 is 0. The summed E-state index contributed by atoms with van der Waals surface area (Å²) in [6, 6.07) is 10.9. The zero-order valence-corrected chi connectivity index (χ0v) is 12.0. The highest BCUT2D eigenvalue weighted by molar-refractivity contribution is 5.36. The number of hydrogen-bond donors (Lipinski definition) is 0. The van der Waals surface area contributed by atoms with Gasteiger partial charge in [-0.05, 0) is 37.7 Å². The van der Waals surface area contributed by atoms with Crippen molar-refractivity contribution in [2.75, 3.05) is 18.0 Å². The van der Waals surface area contributed by atoms with E-state index < -0.39 is 0 Å². The van der Waals surface area contributed by atoms with Crippen LogP contribution in [0.1, 0.15) is 36.4 Å². The first kappa shape index (κ1) is 13.1. The molecule has 0 radical (unpaired) electrons. The average Bonchev–Trinajstić information content (AvgIpc) is 2.74. The zero-order chi connectivity index (χ0) is 13.8. The summed E-state index contributed by atoms with van der Waals surface area (Å²) < 4.78 is 0. The van der Waals surface area contributed by atoms with E-state index in [9.17, 15) is 0 Å². The van der Waals surface area contributed by atoms with Crippen LogP contribution in [0.15, 0.2) is 42.7 Å². The van der Waals surface area contributed by atoms with E-state index in [4.69, 9.17) is 0 Å². The molecule has 0 spiro atoms. The van der Waals surface area contributed by atoms with Crippen LogP contribution in [0, 0.1) is 6.92 Å². The van der Waals surface area contributed by atoms with E-state index >= 15 is 0 Å². The normalized spacial score (nSPS) is 19.6. The lowest BCUT2D eigenvalue weighted by Crippen LogP contribution is -2.25. The summed E-state index contributed by atoms with van der Waals surface area (Å²) in [6.45, 7) is 4.15. The highest BCUT2D eigenvalue weighted by Crippen LogP contribution is 2.29. The first-order valence-corrected chi connectivity index (χ1v) is 7.41. The molecule has 1 atom stereocenters. The fraction of sp³-hybridized carbons (Fsp3) is 0.412. The fourth-order valence-electron chi connectivity index (χ4n) is 2.99. The van der Waals surface area contributed by atoms with Gasteiger partial charge in [-0.15, -0.1) is 0 Å². The van der Waals surface area contributed by atoms with Crippen molar-refractivity contribution in [1.82, 2.24) is 9.97 Å². The van der Waals surface area contributed by atoms with Gasteiger partial charge in [0.2, 0.25) is 0 Å². The minimum absolute atomic E-state index is 0.680. The van der Waals surface area contributed by atoms with Crippen LogP contribution in [0.2, 0.25) is 0 Å². The van der Waals surface area contributed by atoms with E-state index in [-0.39, 0.29) is 0 Å². The van der Waals surface area contributed by atoms with Crippen LogP contribution in [-0.2, 0) is 0 Å². The van der Waals surface area contributed by atoms with Crippen LogP contribution in [0.4, 0.5) is 5.82 Å². The smallest absolute Gasteiger partial charge is 0.147 e. The Hall–Kier alpha value is -1.90. The van der Waals surface area contributed by atoms with Gasteiger partial charge in [0.25, 0.3) is 0 Å². The summed E-state index contributed by atoms with van der Waals surface area (Å²) in [6.07, 6.45) is 7.37. The Balaban J connectivity index is 1.71. The van der Waals surface area contributed by atoms with Gasteiger partial charge in [0, 0.05) is 19.3 Å². The van der Waals surface area contributed by atoms with Crippen LogP contribution >= 0.6 is 0 Å². The third kappa shape index (κ3) is 2.98. The van der Waals surface area contributed by atoms with Crippen molar-refractivity contribution in [2.45, 2.75) is 32.1 Å². The average molecular weight is 267 g/mol. The molecule has 3 heteroatoms. The monoisotopic (exact) mass is 267 g/mol. The first-order chi connectivity index (χ1) is 9.83. The second-order valence-corrected chi connectivity index (χ2v) is 5.54. The standard InChI is InChI=1S/C17H21N3/c1-14-12-18-13-17(19-14)20-10-5-8-16(9-11-20)15-6-3-2-4-7-15/h2-4,6-7,12-13,16H,5,8-11H2,1H3. The van der Waals surface area contributed by atoms with Crippen molar-refractivity contribution in [3.8, 4) is 0 Å². The molecule has 1 aliphatic rings. The molecule has 1 saturated heterocycles. The van der Waals surface area contributed by atoms with Gasteiger partial charge in [0.15, 0.2) is 0 Å². The fourth-order valence-corrected chi connectivity index (χ4v) is 2.99. The maximum absolute atomic E-state index is 4.60. The minimum atomic E-state index is 0.680. The number of rotatable bonds is 2. The van der Waals surface area contributed by atoms with Crippen molar-refractivity contribution in [1.29, 1.82) is 0 Å². The molecule has 1 unspecified atom stereocenters. The topological polar surface area (TPSA) is 29.0 Å². The molecule has 0 saturated carbocycles. The number of benzene rings is 1. The summed E-state index contributed by atoms with van der Waals surface area (Å²) in [5, 5.41) is 0. The molecule has 0 amide bonds. The summed E-state index contributed by atoms with van der Waals surface area (Å²) in [4.78, 5) is 11.2. The van der Waals surface area contributed by atoms with Gasteiger partial charge in [-0.2, -0.15) is 0 Å². The SMILES string of the molecule is Cc1cncc(N2CCCC(c3ccccc3)CC2)n1. The first-order valence-electron chi connectivity index (χ1n) is 7.41. The molecule has 1 aromatic heterocycles. The molecule has 1 aliphatic heterocycles. The lowest BCUT2D eigenvalue weighted by molar-refractivity contribution is 0.612. The van der Waals surface area contributed by atoms with Gasteiger partial charge in [-0.1, -0.05) is 30.3 Å². The third-order valence-electron chi connectivity index (χ3n) is 4.07. The van der Waals surface area contributed by atoms with Gasteiger partial charge in [-0.25, -0.2) is 4.98 Å². The maximum Gasteiger partial charge on any atom is 0.147 e. The highest BCUT2D eigenvalue weighted by atomic mass is 15.2. The molecule has 1 fully saturated rings. The van der Waals surface area contributed by atoms with Crippen LogP contribution in [0.25, 0.3) is 0 Å². The van der Waals surface area contributed by atoms with E-state index in [1.54, 1.807) is 0 Å². The van der Waals surface area contributed by atoms with Crippen LogP contribution in [-0.4, -0.2) is 23.1 Å². The molecule has 104 valence electrons. The number of hydrogen-bond acceptors (Lipinski definition) is 3. The van der Waals surface area contributed by atoms with E-state index in [0.717, 1.165) is 24.6 Å². The van der Waals surface area contributed by atoms with E-state index in [0.29, 0.717) is 5.92 Å². The van der Waals surface area contributed by atoms with Crippen LogP contribution in [0.3, 0.4) is 0 Å². The largest absolute Gasteiger partial charge is 0.355 e. The molecule has 20 heavy (non-hydrogen) atoms. The van der Waals surface area contributed by atoms with E-state index in [2.05, 4.69) is 45.2 Å². The minimum Gasteiger partial charge on any atom is -0.355 e. The Morgan fingerprint density at radius 1 is 1.05 bits per heavy atom. The number of nitrogens with zero attached hydrogens (tertiary/aromatic N) is 3. The second kappa shape index (κ2) is 6.04. The van der Waals surface area contributed by atoms with Crippen molar-refractivity contribution in [2.24, 2.45) is 0 Å². The van der Waals surface area contributed by atoms with Crippen molar-refractivity contribution >= 4 is 5.82 Å². The third-order valence-corrected chi connectivity index (χ3v) is 4.07. The maximum atomic E-state index is 4.60. The summed E-state index contributed by atoms with van der Waals surface area (Å²) in [7, 11) is 0. The van der Waals surface area contributed by atoms with Crippen LogP contribution < -0.4 is 4.90 Å². The molecule has 2 aromatic rings. The Morgan fingerprint density at radius 2 is 1.90 bits per heavy atom. The van der Waals surface area contributed by atoms with Gasteiger partial charge >= 0.3 is 0 Å². The predicted molar refractivity (Wildman–Crippen MR) is 82.0 cm³/mol. The zero-order valence-electron chi connectivity index (χ0n) is 12.0. The molecular weight excluding hydrogens is 246 g/mol. The highest BCUT2D eigenvalue weighted by Gasteiger charge is 2.19. The van der Waals surface area contributed by atoms with E-state index in [1.807, 2.05) is 19.3 Å². The van der Waals surface area contributed by atoms with Gasteiger partial charge in [-0.3, -0.25) is 4.98 Å². The lowest BCUT2D eigenvalue weighted by atomic mass is 9.92. The summed E-state index contributed by atoms with van der Waals surface area (Å²) in [5.41, 5.74) is 2.47. The molecule has 3 rings (SSSR count). The quantitative estimate of drug-likeness (QED) is 0.833. The lowest BCUT2D eigenvalue weighted by Gasteiger charge is -2.21. The van der Waals surface area contributed by atoms with Gasteiger partial charge in [0.1, 0.15) is 5.82 Å². The molecule has 2 heterocycles. The number of anilines is 1. The molecular formula is C17H21N3. The van der Waals surface area contributed by atoms with Crippen LogP contribution in [0.5, 0.6) is 0 Å². The van der Waals surface area contributed by atoms with Crippen molar-refractivity contribution in [3.63, 3.8) is 0 Å². The molecule has 3 nitrogen and oxygen atoms in total. The molecule has 0 N–H and O–H groups in total. The Labute approximate surface area is 120 Å². The van der Waals surface area contributed by atoms with E-state index in [1.165, 1.54) is 24.8 Å². The summed E-state index contributed by atoms with van der Waals surface area (Å²) in [5.74, 6) is 1.71.